The van der Waals surface area contributed by atoms with Crippen molar-refractivity contribution < 1.29 is 0 Å². The molecule has 2 aromatic heterocycles. The average Bonchev–Trinajstić information content (AvgIpc) is 2.99. The molecule has 0 bridgehead atoms. The number of hydrogen-bond acceptors (Lipinski definition) is 6. The zero-order chi connectivity index (χ0) is 17.3. The standard InChI is InChI=1S/C16H27N7O/c1-5-21(6-2)15-18-13-12(14(24)20(15)4)23(7-3)16(19-13)22-10-8-17-9-11-22/h17H,5-11H2,1-4H3. The lowest BCUT2D eigenvalue weighted by molar-refractivity contribution is 0.569. The number of rotatable bonds is 5. The predicted octanol–water partition coefficient (Wildman–Crippen LogP) is 0.406. The summed E-state index contributed by atoms with van der Waals surface area (Å²) in [6.07, 6.45) is 0. The molecule has 0 saturated carbocycles. The van der Waals surface area contributed by atoms with Crippen LogP contribution in [0.15, 0.2) is 4.79 Å². The van der Waals surface area contributed by atoms with Crippen molar-refractivity contribution in [1.82, 2.24) is 24.4 Å². The second-order valence-corrected chi connectivity index (χ2v) is 6.01. The number of piperazine rings is 1. The Labute approximate surface area is 142 Å². The molecule has 24 heavy (non-hydrogen) atoms. The van der Waals surface area contributed by atoms with Crippen LogP contribution < -0.4 is 20.7 Å². The first-order chi connectivity index (χ1) is 11.6. The van der Waals surface area contributed by atoms with Crippen LogP contribution in [0.4, 0.5) is 11.9 Å². The van der Waals surface area contributed by atoms with Gasteiger partial charge in [0.2, 0.25) is 11.9 Å². The first-order valence-corrected chi connectivity index (χ1v) is 8.80. The largest absolute Gasteiger partial charge is 0.343 e. The maximum atomic E-state index is 13.0. The van der Waals surface area contributed by atoms with Crippen molar-refractivity contribution in [1.29, 1.82) is 0 Å². The molecule has 3 heterocycles. The highest BCUT2D eigenvalue weighted by Crippen LogP contribution is 2.21. The number of imidazole rings is 1. The average molecular weight is 333 g/mol. The molecule has 132 valence electrons. The van der Waals surface area contributed by atoms with Gasteiger partial charge in [-0.25, -0.2) is 0 Å². The Balaban J connectivity index is 2.19. The van der Waals surface area contributed by atoms with Crippen molar-refractivity contribution in [2.24, 2.45) is 7.05 Å². The number of nitrogens with one attached hydrogen (secondary N) is 1. The highest BCUT2D eigenvalue weighted by Gasteiger charge is 2.23. The van der Waals surface area contributed by atoms with Crippen LogP contribution >= 0.6 is 0 Å². The third-order valence-electron chi connectivity index (χ3n) is 4.70. The maximum absolute atomic E-state index is 13.0. The van der Waals surface area contributed by atoms with Gasteiger partial charge in [0.1, 0.15) is 0 Å². The van der Waals surface area contributed by atoms with E-state index in [4.69, 9.17) is 9.97 Å². The van der Waals surface area contributed by atoms with Crippen LogP contribution in [0.2, 0.25) is 0 Å². The molecular formula is C16H27N7O. The molecule has 0 aliphatic carbocycles. The smallest absolute Gasteiger partial charge is 0.280 e. The maximum Gasteiger partial charge on any atom is 0.280 e. The molecule has 0 unspecified atom stereocenters. The summed E-state index contributed by atoms with van der Waals surface area (Å²) in [5.41, 5.74) is 1.12. The lowest BCUT2D eigenvalue weighted by Gasteiger charge is -2.28. The van der Waals surface area contributed by atoms with Gasteiger partial charge >= 0.3 is 0 Å². The summed E-state index contributed by atoms with van der Waals surface area (Å²) in [5, 5.41) is 3.35. The van der Waals surface area contributed by atoms with Crippen molar-refractivity contribution in [2.45, 2.75) is 27.3 Å². The monoisotopic (exact) mass is 333 g/mol. The SMILES string of the molecule is CCN(CC)c1nc2nc(N3CCNCC3)n(CC)c2c(=O)n1C. The minimum Gasteiger partial charge on any atom is -0.343 e. The zero-order valence-corrected chi connectivity index (χ0v) is 15.0. The number of aryl methyl sites for hydroxylation is 1. The van der Waals surface area contributed by atoms with E-state index in [0.29, 0.717) is 23.7 Å². The van der Waals surface area contributed by atoms with Crippen LogP contribution in [0.25, 0.3) is 11.2 Å². The molecule has 8 nitrogen and oxygen atoms in total. The molecule has 0 aromatic carbocycles. The van der Waals surface area contributed by atoms with E-state index < -0.39 is 0 Å². The highest BCUT2D eigenvalue weighted by atomic mass is 16.1. The van der Waals surface area contributed by atoms with Crippen LogP contribution in [0.1, 0.15) is 20.8 Å². The van der Waals surface area contributed by atoms with Gasteiger partial charge in [0.05, 0.1) is 0 Å². The third-order valence-corrected chi connectivity index (χ3v) is 4.70. The second kappa shape index (κ2) is 6.80. The Morgan fingerprint density at radius 2 is 1.79 bits per heavy atom. The quantitative estimate of drug-likeness (QED) is 0.854. The summed E-state index contributed by atoms with van der Waals surface area (Å²) < 4.78 is 3.65. The van der Waals surface area contributed by atoms with Crippen LogP contribution in [0, 0.1) is 0 Å². The molecule has 1 N–H and O–H groups in total. The normalized spacial score (nSPS) is 15.2. The van der Waals surface area contributed by atoms with Crippen molar-refractivity contribution in [3.8, 4) is 0 Å². The number of fused-ring (bicyclic) bond motifs is 1. The molecule has 1 saturated heterocycles. The van der Waals surface area contributed by atoms with Gasteiger partial charge in [-0.1, -0.05) is 0 Å². The van der Waals surface area contributed by atoms with E-state index >= 15 is 0 Å². The van der Waals surface area contributed by atoms with Crippen LogP contribution in [0.5, 0.6) is 0 Å². The zero-order valence-electron chi connectivity index (χ0n) is 15.0. The van der Waals surface area contributed by atoms with E-state index in [2.05, 4.69) is 29.0 Å². The van der Waals surface area contributed by atoms with Gasteiger partial charge in [0.25, 0.3) is 5.56 Å². The summed E-state index contributed by atoms with van der Waals surface area (Å²) in [7, 11) is 1.79. The van der Waals surface area contributed by atoms with Crippen molar-refractivity contribution in [3.63, 3.8) is 0 Å². The third kappa shape index (κ3) is 2.64. The molecule has 1 aliphatic rings. The molecule has 3 rings (SSSR count). The van der Waals surface area contributed by atoms with E-state index in [-0.39, 0.29) is 5.56 Å². The van der Waals surface area contributed by atoms with Crippen molar-refractivity contribution >= 4 is 23.1 Å². The molecule has 1 aliphatic heterocycles. The molecular weight excluding hydrogens is 306 g/mol. The predicted molar refractivity (Wildman–Crippen MR) is 97.1 cm³/mol. The van der Waals surface area contributed by atoms with Gasteiger partial charge in [0, 0.05) is 52.9 Å². The minimum atomic E-state index is -0.0300. The summed E-state index contributed by atoms with van der Waals surface area (Å²) in [4.78, 5) is 26.7. The first-order valence-electron chi connectivity index (χ1n) is 8.80. The molecule has 2 aromatic rings. The summed E-state index contributed by atoms with van der Waals surface area (Å²) >= 11 is 0. The second-order valence-electron chi connectivity index (χ2n) is 6.01. The number of aromatic nitrogens is 4. The van der Waals surface area contributed by atoms with Gasteiger partial charge in [-0.15, -0.1) is 0 Å². The Morgan fingerprint density at radius 1 is 1.12 bits per heavy atom. The van der Waals surface area contributed by atoms with Crippen LogP contribution in [-0.2, 0) is 13.6 Å². The Kier molecular flexibility index (Phi) is 4.75. The molecule has 0 radical (unpaired) electrons. The highest BCUT2D eigenvalue weighted by molar-refractivity contribution is 5.75. The van der Waals surface area contributed by atoms with E-state index in [1.54, 1.807) is 11.6 Å². The topological polar surface area (TPSA) is 71.2 Å². The number of hydrogen-bond donors (Lipinski definition) is 1. The van der Waals surface area contributed by atoms with Gasteiger partial charge in [-0.3, -0.25) is 9.36 Å². The fourth-order valence-corrected chi connectivity index (χ4v) is 3.33. The molecule has 1 fully saturated rings. The lowest BCUT2D eigenvalue weighted by atomic mass is 10.4. The van der Waals surface area contributed by atoms with E-state index in [0.717, 1.165) is 45.2 Å². The number of nitrogens with zero attached hydrogens (tertiary/aromatic N) is 6. The Hall–Kier alpha value is -2.09. The summed E-state index contributed by atoms with van der Waals surface area (Å²) in [6.45, 7) is 12.2. The molecule has 0 atom stereocenters. The van der Waals surface area contributed by atoms with Gasteiger partial charge in [-0.05, 0) is 20.8 Å². The minimum absolute atomic E-state index is 0.0300. The molecule has 0 amide bonds. The Morgan fingerprint density at radius 3 is 2.38 bits per heavy atom. The summed E-state index contributed by atoms with van der Waals surface area (Å²) in [6, 6.07) is 0. The summed E-state index contributed by atoms with van der Waals surface area (Å²) in [5.74, 6) is 1.54. The van der Waals surface area contributed by atoms with E-state index in [9.17, 15) is 4.79 Å². The number of anilines is 2. The fraction of sp³-hybridized carbons (Fsp3) is 0.688. The van der Waals surface area contributed by atoms with Gasteiger partial charge in [0.15, 0.2) is 11.2 Å². The van der Waals surface area contributed by atoms with Crippen LogP contribution in [-0.4, -0.2) is 58.4 Å². The first kappa shape index (κ1) is 16.8. The van der Waals surface area contributed by atoms with Gasteiger partial charge in [-0.2, -0.15) is 9.97 Å². The molecule has 0 spiro atoms. The van der Waals surface area contributed by atoms with Crippen LogP contribution in [0.3, 0.4) is 0 Å². The molecule has 8 heteroatoms. The van der Waals surface area contributed by atoms with Gasteiger partial charge < -0.3 is 19.7 Å². The van der Waals surface area contributed by atoms with E-state index in [1.807, 2.05) is 11.5 Å². The Bertz CT molecular complexity index is 769. The van der Waals surface area contributed by atoms with Crippen molar-refractivity contribution in [2.75, 3.05) is 49.1 Å². The van der Waals surface area contributed by atoms with E-state index in [1.165, 1.54) is 0 Å². The fourth-order valence-electron chi connectivity index (χ4n) is 3.33. The lowest BCUT2D eigenvalue weighted by Crippen LogP contribution is -2.44. The van der Waals surface area contributed by atoms with Crippen molar-refractivity contribution in [3.05, 3.63) is 10.4 Å².